The predicted octanol–water partition coefficient (Wildman–Crippen LogP) is 27.7. The third-order valence-electron chi connectivity index (χ3n) is 18.8. The maximum absolute atomic E-state index is 10.2. The Hall–Kier alpha value is -11.1. The fraction of sp³-hybridized carbons (Fsp3) is 0.412. The van der Waals surface area contributed by atoms with Crippen molar-refractivity contribution in [3.63, 3.8) is 0 Å². The van der Waals surface area contributed by atoms with Crippen LogP contribution >= 0.6 is 0 Å². The molecular weight excluding hydrogens is 1750 g/mol. The van der Waals surface area contributed by atoms with Crippen LogP contribution in [0.4, 0.5) is 0 Å². The van der Waals surface area contributed by atoms with E-state index >= 15 is 0 Å². The van der Waals surface area contributed by atoms with Crippen molar-refractivity contribution in [2.24, 2.45) is 0 Å². The Morgan fingerprint density at radius 3 is 0.657 bits per heavy atom. The molecule has 812 valence electrons. The van der Waals surface area contributed by atoms with Gasteiger partial charge in [0.25, 0.3) is 0 Å². The van der Waals surface area contributed by atoms with Crippen LogP contribution in [0, 0.1) is 0 Å². The zero-order valence-corrected chi connectivity index (χ0v) is 81.5. The molecule has 14 rings (SSSR count). The van der Waals surface area contributed by atoms with Gasteiger partial charge in [0.05, 0.1) is 8.22 Å². The third-order valence-corrected chi connectivity index (χ3v) is 18.8. The molecule has 21 heteroatoms. The number of fused-ring (bicyclic) bond motifs is 7. The summed E-state index contributed by atoms with van der Waals surface area (Å²) in [6, 6.07) is 81.9. The highest BCUT2D eigenvalue weighted by molar-refractivity contribution is 5.93. The lowest BCUT2D eigenvalue weighted by Crippen LogP contribution is -2.35. The predicted molar refractivity (Wildman–Crippen MR) is 642 cm³/mol. The van der Waals surface area contributed by atoms with Crippen molar-refractivity contribution in [2.45, 2.75) is 233 Å². The fourth-order valence-electron chi connectivity index (χ4n) is 12.4. The van der Waals surface area contributed by atoms with Crippen molar-refractivity contribution in [1.82, 2.24) is 37.2 Å². The van der Waals surface area contributed by atoms with E-state index in [4.69, 9.17) is 157 Å². The Morgan fingerprint density at radius 2 is 0.414 bits per heavy atom. The van der Waals surface area contributed by atoms with Gasteiger partial charge in [-0.15, -0.1) is 0 Å². The van der Waals surface area contributed by atoms with Crippen molar-refractivity contribution < 1.29 is 193 Å². The summed E-state index contributed by atoms with van der Waals surface area (Å²) in [5.41, 5.74) is 0. The third kappa shape index (κ3) is 47.5. The minimum absolute atomic E-state index is 0.0876. The average molecular weight is 2060 g/mol. The number of benzene rings is 14. The van der Waals surface area contributed by atoms with Crippen LogP contribution in [-0.2, 0) is 0 Å². The van der Waals surface area contributed by atoms with Gasteiger partial charge in [-0.05, 0) is 80.2 Å². The molecule has 14 N–H and O–H groups in total. The number of rotatable bonds is 42. The minimum atomic E-state index is -2.84. The average Bonchev–Trinajstić information content (AvgIpc) is 0.796. The fourth-order valence-corrected chi connectivity index (χ4v) is 12.4. The topological polar surface area (TPSA) is 290 Å². The molecule has 14 aromatic carbocycles. The van der Waals surface area contributed by atoms with E-state index in [2.05, 4.69) is 37.2 Å². The molecule has 0 bridgehead atoms. The molecule has 11 unspecified atom stereocenters. The molecule has 0 aliphatic heterocycles. The van der Waals surface area contributed by atoms with E-state index in [0.29, 0.717) is 39.9 Å². The van der Waals surface area contributed by atoms with Crippen LogP contribution in [0.25, 0.3) is 75.4 Å². The van der Waals surface area contributed by atoms with Crippen LogP contribution in [-0.4, -0.2) is 213 Å². The Bertz CT molecular complexity index is 7250. The summed E-state index contributed by atoms with van der Waals surface area (Å²) in [5, 5.41) is 100. The number of aliphatic hydroxyl groups excluding tert-OH is 5. The molecule has 14 aromatic rings. The van der Waals surface area contributed by atoms with Gasteiger partial charge in [0, 0.05) is 242 Å². The van der Waals surface area contributed by atoms with Crippen LogP contribution in [0.2, 0.25) is 0 Å². The number of nitrogens with one attached hydrogen (secondary N) is 7. The molecule has 0 saturated carbocycles. The summed E-state index contributed by atoms with van der Waals surface area (Å²) in [7, 11) is 8.75. The first-order valence-corrected chi connectivity index (χ1v) is 43.0. The molecule has 0 aromatic heterocycles. The first-order chi connectivity index (χ1) is 107. The van der Waals surface area contributed by atoms with E-state index in [1.165, 1.54) is 72.6 Å². The van der Waals surface area contributed by atoms with Gasteiger partial charge < -0.3 is 106 Å². The van der Waals surface area contributed by atoms with E-state index in [-0.39, 0.29) is 58.4 Å². The minimum Gasteiger partial charge on any atom is -0.490 e. The number of aliphatic hydroxyl groups is 7. The lowest BCUT2D eigenvalue weighted by atomic mass is 10.1. The van der Waals surface area contributed by atoms with Gasteiger partial charge in [-0.1, -0.05) is 403 Å². The number of hydrogen-bond donors (Lipinski definition) is 14. The smallest absolute Gasteiger partial charge is 0.127 e. The summed E-state index contributed by atoms with van der Waals surface area (Å²) in [6.45, 7) is -29.5. The number of hydrogen-bond acceptors (Lipinski definition) is 21. The second kappa shape index (κ2) is 70.6. The normalized spacial score (nSPS) is 20.2. The van der Waals surface area contributed by atoms with Crippen molar-refractivity contribution in [3.05, 3.63) is 297 Å². The summed E-state index contributed by atoms with van der Waals surface area (Å²) in [6.07, 6.45) is -10.8. The zero-order chi connectivity index (χ0) is 184. The Kier molecular flexibility index (Phi) is 28.0. The highest BCUT2D eigenvalue weighted by atomic mass is 16.5. The summed E-state index contributed by atoms with van der Waals surface area (Å²) in [5.74, 6) is 3.42. The van der Waals surface area contributed by atoms with Crippen LogP contribution in [0.1, 0.15) is 272 Å². The van der Waals surface area contributed by atoms with Gasteiger partial charge in [0.15, 0.2) is 0 Å². The molecule has 0 radical (unpaired) electrons. The van der Waals surface area contributed by atoms with Gasteiger partial charge in [-0.2, -0.15) is 0 Å². The van der Waals surface area contributed by atoms with E-state index in [1.807, 2.05) is 231 Å². The Balaban J connectivity index is -0.000000109. The summed E-state index contributed by atoms with van der Waals surface area (Å²) < 4.78 is 571. The van der Waals surface area contributed by atoms with E-state index in [0.717, 1.165) is 70.0 Å². The molecular formula is C119H217N7O14. The van der Waals surface area contributed by atoms with Crippen molar-refractivity contribution in [1.29, 1.82) is 0 Å². The van der Waals surface area contributed by atoms with Crippen LogP contribution in [0.5, 0.6) is 40.2 Å². The molecule has 140 heavy (non-hydrogen) atoms. The lowest BCUT2D eigenvalue weighted by molar-refractivity contribution is 0.105. The van der Waals surface area contributed by atoms with Gasteiger partial charge in [0.1, 0.15) is 129 Å². The van der Waals surface area contributed by atoms with Crippen molar-refractivity contribution in [3.8, 4) is 40.2 Å². The van der Waals surface area contributed by atoms with Gasteiger partial charge in [0.2, 0.25) is 0 Å². The maximum Gasteiger partial charge on any atom is 0.127 e. The largest absolute Gasteiger partial charge is 0.490 e. The molecule has 0 aliphatic carbocycles. The lowest BCUT2D eigenvalue weighted by Gasteiger charge is -2.15. The monoisotopic (exact) mass is 2060 g/mol. The van der Waals surface area contributed by atoms with E-state index in [1.54, 1.807) is 73.7 Å². The second-order valence-corrected chi connectivity index (χ2v) is 30.1. The molecule has 0 saturated heterocycles. The highest BCUT2D eigenvalue weighted by Gasteiger charge is 2.16. The summed E-state index contributed by atoms with van der Waals surface area (Å²) in [4.78, 5) is 0. The molecule has 11 atom stereocenters. The molecule has 0 fully saturated rings. The molecule has 0 spiro atoms. The van der Waals surface area contributed by atoms with Crippen LogP contribution in [0.3, 0.4) is 0 Å². The van der Waals surface area contributed by atoms with Crippen molar-refractivity contribution in [2.75, 3.05) is 91.9 Å². The SMILES string of the molecule is [2H]C.[2H]C.[2H]C.[2H]C.[2H]C.[2H]C.[2H]C.[2H]C(O)(CNC(C([2H])([2H])[2H])C([2H])([2H])[2H])COc1cccc2ccccc12.[2H]C(O)(CNC(C)C([2H])([2H])[2H])COc1cccc2ccccc12.[2H]C([2H])([2H])C(C)NC([2H])([2H])C(O)COc1cccc2ccccc12.[2H]C([2H])([2H])C(C)NCC(O)C([2H])([2H])Oc1cccc2ccccc12.[2H]C([2H])([2H])C(C)NCC(O)COc1cccc2ccccc12.[2H]C([2H])([2H])C(NCC(O)C([2H])([2H])Oc1cccc2ccccc12)C([2H])([2H])[2H].[2H]C([2H])([2H])C(NCC(O)COc1cccc2ccccc12)C([2H])([2H])[2H].[2H][2H].[2H][2H].[2H][2H].[2H][2H].[2H][2H].[2H][2H].[2H][2H].[2H][2H].[2H][2H].[2H][2H].[2H][2H].[2H][2H].[2H][2H].[2H][2H].[2H][2H].[2H][2H].[2H][2H].[2H][2H].[2H][2H].[2H][2H].[2H][2H]. The Morgan fingerprint density at radius 1 is 0.236 bits per heavy atom. The van der Waals surface area contributed by atoms with Gasteiger partial charge in [-0.25, -0.2) is 0 Å². The first-order valence-electron chi connectivity index (χ1n) is 90.0. The molecule has 0 aliphatic rings. The van der Waals surface area contributed by atoms with Crippen LogP contribution < -0.4 is 70.4 Å². The van der Waals surface area contributed by atoms with E-state index < -0.39 is 193 Å². The second-order valence-electron chi connectivity index (χ2n) is 30.1. The first kappa shape index (κ1) is 55.5. The van der Waals surface area contributed by atoms with Gasteiger partial charge >= 0.3 is 0 Å². The van der Waals surface area contributed by atoms with Gasteiger partial charge in [-0.3, -0.25) is 0 Å². The quantitative estimate of drug-likeness (QED) is 0.0169. The standard InChI is InChI=1S/7C16H21NO2.7CH4.21H2/c7*1-12(2)17-10-14(18)11-19-16-9-5-7-13-6-3-4-8-15(13)16;;;;;;;;;;;;;;;;;;;;;;;;;;;;/h7*3-9,12,14,17-18H,10-11H2,1-2H3;7*1H4;21*1H/i1D3,2D3,14D;1D3,2D3,11D2;1D3,14D;1D3,11D2;1D3,10D2;1D3,2D3;1D3;7*1D;21*1+1D. The molecule has 0 amide bonds. The molecule has 0 heterocycles. The number of ether oxygens (including phenoxy) is 7. The highest BCUT2D eigenvalue weighted by Crippen LogP contribution is 2.32. The van der Waals surface area contributed by atoms with Crippen molar-refractivity contribution >= 4 is 75.4 Å². The zero-order valence-electron chi connectivity index (χ0n) is 168. The van der Waals surface area contributed by atoms with E-state index in [9.17, 15) is 35.7 Å². The molecule has 21 nitrogen and oxygen atoms in total. The maximum atomic E-state index is 10.2. The van der Waals surface area contributed by atoms with Crippen LogP contribution in [0.15, 0.2) is 297 Å². The summed E-state index contributed by atoms with van der Waals surface area (Å²) >= 11 is 0. The Labute approximate surface area is 968 Å².